The number of carbonyl (C=O) groups is 1. The van der Waals surface area contributed by atoms with E-state index in [0.29, 0.717) is 5.69 Å². The van der Waals surface area contributed by atoms with E-state index in [1.807, 2.05) is 6.92 Å². The number of H-pyrrole nitrogens is 1. The first-order valence-corrected chi connectivity index (χ1v) is 4.55. The van der Waals surface area contributed by atoms with Crippen LogP contribution in [0.1, 0.15) is 23.0 Å². The largest absolute Gasteiger partial charge is 0.477 e. The summed E-state index contributed by atoms with van der Waals surface area (Å²) in [5, 5.41) is 8.53. The molecule has 0 aliphatic rings. The average molecular weight is 218 g/mol. The molecule has 0 aliphatic heterocycles. The Hall–Kier alpha value is -1.29. The molecule has 1 aromatic rings. The van der Waals surface area contributed by atoms with Crippen molar-refractivity contribution < 1.29 is 9.90 Å². The molecule has 0 saturated heterocycles. The molecule has 0 unspecified atom stereocenters. The fourth-order valence-corrected chi connectivity index (χ4v) is 0.848. The standard InChI is InChI=1S/C7H7NO3.C2H5Cl/c1-4-6(7(10)11)5(9)2-3-8-4;1-2-3/h2-3H,1H3,(H,8,9)(H,10,11);2H2,1H3. The Labute approximate surface area is 86.5 Å². The van der Waals surface area contributed by atoms with Crippen molar-refractivity contribution in [3.8, 4) is 0 Å². The monoisotopic (exact) mass is 217 g/mol. The number of halogens is 1. The van der Waals surface area contributed by atoms with Gasteiger partial charge in [0.2, 0.25) is 0 Å². The molecule has 0 amide bonds. The summed E-state index contributed by atoms with van der Waals surface area (Å²) in [5.74, 6) is -0.468. The minimum absolute atomic E-state index is 0.187. The minimum atomic E-state index is -1.19. The molecule has 0 radical (unpaired) electrons. The number of aromatic nitrogens is 1. The highest BCUT2D eigenvalue weighted by atomic mass is 35.5. The van der Waals surface area contributed by atoms with Gasteiger partial charge in [-0.3, -0.25) is 4.79 Å². The summed E-state index contributed by atoms with van der Waals surface area (Å²) >= 11 is 5.00. The smallest absolute Gasteiger partial charge is 0.341 e. The summed E-state index contributed by atoms with van der Waals surface area (Å²) in [6.45, 7) is 3.44. The van der Waals surface area contributed by atoms with Crippen molar-refractivity contribution >= 4 is 17.6 Å². The molecule has 0 aromatic carbocycles. The maximum absolute atomic E-state index is 10.9. The molecule has 2 N–H and O–H groups in total. The van der Waals surface area contributed by atoms with Crippen LogP contribution >= 0.6 is 11.6 Å². The highest BCUT2D eigenvalue weighted by Crippen LogP contribution is 1.95. The Kier molecular flexibility index (Phi) is 5.64. The highest BCUT2D eigenvalue weighted by molar-refractivity contribution is 6.17. The van der Waals surface area contributed by atoms with Crippen molar-refractivity contribution in [1.29, 1.82) is 0 Å². The average Bonchev–Trinajstić information content (AvgIpc) is 2.04. The van der Waals surface area contributed by atoms with E-state index in [9.17, 15) is 9.59 Å². The number of alkyl halides is 1. The van der Waals surface area contributed by atoms with Crippen molar-refractivity contribution in [2.45, 2.75) is 13.8 Å². The van der Waals surface area contributed by atoms with Gasteiger partial charge in [0.25, 0.3) is 0 Å². The van der Waals surface area contributed by atoms with Gasteiger partial charge < -0.3 is 10.1 Å². The molecule has 0 fully saturated rings. The predicted octanol–water partition coefficient (Wildman–Crippen LogP) is 1.63. The number of carboxylic acid groups (broad SMARTS) is 1. The number of hydrogen-bond donors (Lipinski definition) is 2. The lowest BCUT2D eigenvalue weighted by molar-refractivity contribution is 0.0694. The second kappa shape index (κ2) is 6.21. The van der Waals surface area contributed by atoms with Gasteiger partial charge in [0, 0.05) is 23.8 Å². The Morgan fingerprint density at radius 1 is 1.64 bits per heavy atom. The third kappa shape index (κ3) is 3.62. The molecule has 1 heterocycles. The zero-order valence-electron chi connectivity index (χ0n) is 8.00. The van der Waals surface area contributed by atoms with E-state index >= 15 is 0 Å². The number of hydrogen-bond acceptors (Lipinski definition) is 2. The third-order valence-corrected chi connectivity index (χ3v) is 1.37. The summed E-state index contributed by atoms with van der Waals surface area (Å²) in [5.41, 5.74) is -0.272. The van der Waals surface area contributed by atoms with E-state index < -0.39 is 11.4 Å². The quantitative estimate of drug-likeness (QED) is 0.703. The molecule has 5 heteroatoms. The van der Waals surface area contributed by atoms with E-state index in [2.05, 4.69) is 4.98 Å². The SMILES string of the molecule is CCCl.Cc1[nH]ccc(=O)c1C(=O)O. The van der Waals surface area contributed by atoms with E-state index in [4.69, 9.17) is 16.7 Å². The van der Waals surface area contributed by atoms with Crippen molar-refractivity contribution in [2.24, 2.45) is 0 Å². The zero-order valence-corrected chi connectivity index (χ0v) is 8.76. The van der Waals surface area contributed by atoms with Gasteiger partial charge in [0.15, 0.2) is 5.43 Å². The Bertz CT molecular complexity index is 359. The van der Waals surface area contributed by atoms with Gasteiger partial charge in [-0.2, -0.15) is 0 Å². The van der Waals surface area contributed by atoms with Gasteiger partial charge in [0.05, 0.1) is 0 Å². The number of aromatic carboxylic acids is 1. The topological polar surface area (TPSA) is 70.2 Å². The van der Waals surface area contributed by atoms with Crippen molar-refractivity contribution in [3.63, 3.8) is 0 Å². The van der Waals surface area contributed by atoms with Crippen molar-refractivity contribution in [3.05, 3.63) is 33.7 Å². The number of aromatic amines is 1. The summed E-state index contributed by atoms with van der Waals surface area (Å²) < 4.78 is 0. The Morgan fingerprint density at radius 2 is 2.14 bits per heavy atom. The zero-order chi connectivity index (χ0) is 11.1. The summed E-state index contributed by atoms with van der Waals surface area (Å²) in [4.78, 5) is 23.9. The van der Waals surface area contributed by atoms with E-state index in [-0.39, 0.29) is 5.56 Å². The van der Waals surface area contributed by atoms with Crippen LogP contribution in [0.25, 0.3) is 0 Å². The molecule has 0 aliphatic carbocycles. The minimum Gasteiger partial charge on any atom is -0.477 e. The fraction of sp³-hybridized carbons (Fsp3) is 0.333. The molecular weight excluding hydrogens is 206 g/mol. The van der Waals surface area contributed by atoms with Crippen LogP contribution in [0.4, 0.5) is 0 Å². The lowest BCUT2D eigenvalue weighted by Crippen LogP contribution is -2.16. The Morgan fingerprint density at radius 3 is 2.43 bits per heavy atom. The van der Waals surface area contributed by atoms with Crippen LogP contribution < -0.4 is 5.43 Å². The molecule has 14 heavy (non-hydrogen) atoms. The van der Waals surface area contributed by atoms with Crippen LogP contribution in [0.3, 0.4) is 0 Å². The molecular formula is C9H12ClNO3. The first-order valence-electron chi connectivity index (χ1n) is 4.02. The van der Waals surface area contributed by atoms with E-state index in [1.165, 1.54) is 12.3 Å². The molecule has 4 nitrogen and oxygen atoms in total. The molecule has 0 spiro atoms. The maximum Gasteiger partial charge on any atom is 0.341 e. The summed E-state index contributed by atoms with van der Waals surface area (Å²) in [6.07, 6.45) is 1.42. The summed E-state index contributed by atoms with van der Waals surface area (Å²) in [6, 6.07) is 1.19. The van der Waals surface area contributed by atoms with Gasteiger partial charge in [-0.1, -0.05) is 6.92 Å². The van der Waals surface area contributed by atoms with Crippen LogP contribution in [0.5, 0.6) is 0 Å². The lowest BCUT2D eigenvalue weighted by atomic mass is 10.2. The first-order chi connectivity index (χ1) is 6.54. The third-order valence-electron chi connectivity index (χ3n) is 1.37. The molecule has 78 valence electrons. The van der Waals surface area contributed by atoms with E-state index in [0.717, 1.165) is 5.88 Å². The van der Waals surface area contributed by atoms with Crippen LogP contribution in [-0.2, 0) is 0 Å². The highest BCUT2D eigenvalue weighted by Gasteiger charge is 2.09. The van der Waals surface area contributed by atoms with Crippen LogP contribution in [0.2, 0.25) is 0 Å². The fourth-order valence-electron chi connectivity index (χ4n) is 0.848. The number of rotatable bonds is 1. The van der Waals surface area contributed by atoms with Gasteiger partial charge in [0.1, 0.15) is 5.56 Å². The van der Waals surface area contributed by atoms with Crippen LogP contribution in [0, 0.1) is 6.92 Å². The van der Waals surface area contributed by atoms with Crippen LogP contribution in [0.15, 0.2) is 17.1 Å². The predicted molar refractivity (Wildman–Crippen MR) is 55.2 cm³/mol. The number of nitrogens with one attached hydrogen (secondary N) is 1. The number of pyridine rings is 1. The van der Waals surface area contributed by atoms with Gasteiger partial charge in [-0.05, 0) is 6.92 Å². The van der Waals surface area contributed by atoms with Crippen LogP contribution in [-0.4, -0.2) is 21.9 Å². The second-order valence-electron chi connectivity index (χ2n) is 2.41. The number of carboxylic acids is 1. The molecule has 1 aromatic heterocycles. The lowest BCUT2D eigenvalue weighted by Gasteiger charge is -1.96. The van der Waals surface area contributed by atoms with E-state index in [1.54, 1.807) is 6.92 Å². The molecule has 0 atom stereocenters. The summed E-state index contributed by atoms with van der Waals surface area (Å²) in [7, 11) is 0. The first kappa shape index (κ1) is 12.7. The van der Waals surface area contributed by atoms with Crippen molar-refractivity contribution in [1.82, 2.24) is 4.98 Å². The maximum atomic E-state index is 10.9. The Balaban J connectivity index is 0.000000500. The number of aryl methyl sites for hydroxylation is 1. The molecule has 0 bridgehead atoms. The van der Waals surface area contributed by atoms with Gasteiger partial charge in [-0.15, -0.1) is 11.6 Å². The van der Waals surface area contributed by atoms with Crippen molar-refractivity contribution in [2.75, 3.05) is 5.88 Å². The second-order valence-corrected chi connectivity index (χ2v) is 2.95. The normalized spacial score (nSPS) is 8.79. The molecule has 0 saturated carbocycles. The molecule has 1 rings (SSSR count). The van der Waals surface area contributed by atoms with Gasteiger partial charge in [-0.25, -0.2) is 4.79 Å². The van der Waals surface area contributed by atoms with Gasteiger partial charge >= 0.3 is 5.97 Å².